The van der Waals surface area contributed by atoms with Gasteiger partial charge in [0.25, 0.3) is 11.8 Å². The Morgan fingerprint density at radius 2 is 1.62 bits per heavy atom. The van der Waals surface area contributed by atoms with E-state index in [4.69, 9.17) is 14.2 Å². The Balaban J connectivity index is 1.37. The van der Waals surface area contributed by atoms with Gasteiger partial charge >= 0.3 is 0 Å². The number of hydrogen-bond acceptors (Lipinski definition) is 7. The summed E-state index contributed by atoms with van der Waals surface area (Å²) in [5, 5.41) is 0. The van der Waals surface area contributed by atoms with Crippen LogP contribution in [0.15, 0.2) is 30.3 Å². The molecule has 214 valence electrons. The molecular formula is C31H39N3O6. The van der Waals surface area contributed by atoms with Crippen molar-refractivity contribution in [2.45, 2.75) is 57.5 Å². The molecule has 2 aliphatic heterocycles. The fourth-order valence-electron chi connectivity index (χ4n) is 6.47. The van der Waals surface area contributed by atoms with Gasteiger partial charge in [0.15, 0.2) is 11.5 Å². The van der Waals surface area contributed by atoms with Crippen LogP contribution in [0.1, 0.15) is 71.2 Å². The second-order valence-electron chi connectivity index (χ2n) is 11.0. The Bertz CT molecular complexity index is 1260. The fourth-order valence-corrected chi connectivity index (χ4v) is 6.47. The predicted molar refractivity (Wildman–Crippen MR) is 151 cm³/mol. The van der Waals surface area contributed by atoms with E-state index in [9.17, 15) is 14.4 Å². The second-order valence-corrected chi connectivity index (χ2v) is 11.0. The van der Waals surface area contributed by atoms with Crippen LogP contribution in [0.5, 0.6) is 17.2 Å². The number of fused-ring (bicyclic) bond motifs is 1. The van der Waals surface area contributed by atoms with Crippen LogP contribution in [0.2, 0.25) is 0 Å². The SMILES string of the molecule is COc1cc(CN2C(=O)c3cccc(N4CCCC(C(=O)N(C)C5CCCCC5)C4)c3C2=O)cc(OC)c1OC. The molecule has 2 aromatic rings. The number of nitrogens with zero attached hydrogens (tertiary/aromatic N) is 3. The summed E-state index contributed by atoms with van der Waals surface area (Å²) in [6.07, 6.45) is 7.44. The Morgan fingerprint density at radius 1 is 0.925 bits per heavy atom. The van der Waals surface area contributed by atoms with Gasteiger partial charge < -0.3 is 24.0 Å². The van der Waals surface area contributed by atoms with Crippen molar-refractivity contribution in [1.82, 2.24) is 9.80 Å². The maximum Gasteiger partial charge on any atom is 0.263 e. The van der Waals surface area contributed by atoms with Gasteiger partial charge in [-0.15, -0.1) is 0 Å². The number of carbonyl (C=O) groups is 3. The van der Waals surface area contributed by atoms with Gasteiger partial charge in [0.1, 0.15) is 0 Å². The zero-order valence-electron chi connectivity index (χ0n) is 23.9. The lowest BCUT2D eigenvalue weighted by atomic mass is 9.91. The first-order valence-corrected chi connectivity index (χ1v) is 14.2. The first-order chi connectivity index (χ1) is 19.4. The normalized spacial score (nSPS) is 19.4. The van der Waals surface area contributed by atoms with Crippen molar-refractivity contribution in [3.63, 3.8) is 0 Å². The number of piperidine rings is 1. The van der Waals surface area contributed by atoms with Gasteiger partial charge in [-0.3, -0.25) is 19.3 Å². The molecule has 3 amide bonds. The summed E-state index contributed by atoms with van der Waals surface area (Å²) >= 11 is 0. The summed E-state index contributed by atoms with van der Waals surface area (Å²) in [7, 11) is 6.52. The van der Waals surface area contributed by atoms with E-state index in [1.807, 2.05) is 24.1 Å². The lowest BCUT2D eigenvalue weighted by Crippen LogP contribution is -2.47. The minimum Gasteiger partial charge on any atom is -0.493 e. The molecule has 40 heavy (non-hydrogen) atoms. The van der Waals surface area contributed by atoms with E-state index in [1.54, 1.807) is 18.2 Å². The third kappa shape index (κ3) is 5.09. The van der Waals surface area contributed by atoms with E-state index in [1.165, 1.54) is 45.5 Å². The van der Waals surface area contributed by atoms with Gasteiger partial charge in [-0.05, 0) is 55.5 Å². The van der Waals surface area contributed by atoms with Crippen molar-refractivity contribution in [3.8, 4) is 17.2 Å². The number of rotatable bonds is 8. The van der Waals surface area contributed by atoms with E-state index in [2.05, 4.69) is 4.90 Å². The van der Waals surface area contributed by atoms with Gasteiger partial charge in [0, 0.05) is 26.2 Å². The number of anilines is 1. The van der Waals surface area contributed by atoms with Crippen LogP contribution in [0.3, 0.4) is 0 Å². The highest BCUT2D eigenvalue weighted by Crippen LogP contribution is 2.40. The fraction of sp³-hybridized carbons (Fsp3) is 0.516. The Kier molecular flexibility index (Phi) is 8.19. The minimum atomic E-state index is -0.336. The molecule has 0 radical (unpaired) electrons. The van der Waals surface area contributed by atoms with Crippen LogP contribution in [0.4, 0.5) is 5.69 Å². The number of amides is 3. The van der Waals surface area contributed by atoms with Gasteiger partial charge in [-0.2, -0.15) is 0 Å². The summed E-state index contributed by atoms with van der Waals surface area (Å²) in [5.74, 6) is 0.749. The maximum atomic E-state index is 13.8. The third-order valence-corrected chi connectivity index (χ3v) is 8.62. The molecule has 0 N–H and O–H groups in total. The molecule has 1 unspecified atom stereocenters. The molecule has 0 bridgehead atoms. The van der Waals surface area contributed by atoms with Crippen LogP contribution in [-0.2, 0) is 11.3 Å². The number of ether oxygens (including phenoxy) is 3. The molecule has 1 aliphatic carbocycles. The number of hydrogen-bond donors (Lipinski definition) is 0. The highest BCUT2D eigenvalue weighted by Gasteiger charge is 2.40. The van der Waals surface area contributed by atoms with Crippen molar-refractivity contribution >= 4 is 23.4 Å². The van der Waals surface area contributed by atoms with Crippen molar-refractivity contribution in [2.24, 2.45) is 5.92 Å². The van der Waals surface area contributed by atoms with Crippen molar-refractivity contribution in [1.29, 1.82) is 0 Å². The summed E-state index contributed by atoms with van der Waals surface area (Å²) in [4.78, 5) is 46.0. The van der Waals surface area contributed by atoms with Crippen molar-refractivity contribution in [2.75, 3.05) is 46.4 Å². The molecule has 1 saturated heterocycles. The molecule has 1 saturated carbocycles. The van der Waals surface area contributed by atoms with E-state index in [-0.39, 0.29) is 30.2 Å². The lowest BCUT2D eigenvalue weighted by molar-refractivity contribution is -0.137. The highest BCUT2D eigenvalue weighted by atomic mass is 16.5. The summed E-state index contributed by atoms with van der Waals surface area (Å²) in [6, 6.07) is 9.23. The Labute approximate surface area is 236 Å². The summed E-state index contributed by atoms with van der Waals surface area (Å²) in [5.41, 5.74) is 2.21. The highest BCUT2D eigenvalue weighted by molar-refractivity contribution is 6.23. The topological polar surface area (TPSA) is 88.6 Å². The number of methoxy groups -OCH3 is 3. The van der Waals surface area contributed by atoms with E-state index in [0.717, 1.165) is 37.9 Å². The van der Waals surface area contributed by atoms with Crippen LogP contribution in [0.25, 0.3) is 0 Å². The van der Waals surface area contributed by atoms with Crippen LogP contribution in [0, 0.1) is 5.92 Å². The van der Waals surface area contributed by atoms with Crippen LogP contribution >= 0.6 is 0 Å². The molecule has 2 fully saturated rings. The largest absolute Gasteiger partial charge is 0.493 e. The van der Waals surface area contributed by atoms with Gasteiger partial charge in [0.2, 0.25) is 11.7 Å². The average molecular weight is 550 g/mol. The van der Waals surface area contributed by atoms with Crippen molar-refractivity contribution < 1.29 is 28.6 Å². The van der Waals surface area contributed by atoms with Gasteiger partial charge in [0.05, 0.1) is 50.6 Å². The Morgan fingerprint density at radius 3 is 2.27 bits per heavy atom. The third-order valence-electron chi connectivity index (χ3n) is 8.62. The molecule has 3 aliphatic rings. The molecule has 9 heteroatoms. The molecular weight excluding hydrogens is 510 g/mol. The van der Waals surface area contributed by atoms with E-state index < -0.39 is 0 Å². The predicted octanol–water partition coefficient (Wildman–Crippen LogP) is 4.52. The second kappa shape index (κ2) is 11.8. The minimum absolute atomic E-state index is 0.0653. The van der Waals surface area contributed by atoms with Crippen LogP contribution in [-0.4, -0.2) is 75.0 Å². The molecule has 0 spiro atoms. The quantitative estimate of drug-likeness (QED) is 0.448. The van der Waals surface area contributed by atoms with Crippen LogP contribution < -0.4 is 19.1 Å². The summed E-state index contributed by atoms with van der Waals surface area (Å²) < 4.78 is 16.3. The summed E-state index contributed by atoms with van der Waals surface area (Å²) in [6.45, 7) is 1.35. The van der Waals surface area contributed by atoms with Gasteiger partial charge in [-0.1, -0.05) is 25.3 Å². The average Bonchev–Trinajstić information content (AvgIpc) is 3.24. The molecule has 5 rings (SSSR count). The zero-order chi connectivity index (χ0) is 28.4. The van der Waals surface area contributed by atoms with Crippen molar-refractivity contribution in [3.05, 3.63) is 47.0 Å². The molecule has 9 nitrogen and oxygen atoms in total. The standard InChI is InChI=1S/C31H39N3O6/c1-32(22-11-6-5-7-12-22)29(35)21-10-9-15-33(19-21)24-14-8-13-23-27(24)31(37)34(30(23)36)18-20-16-25(38-2)28(40-4)26(17-20)39-3/h8,13-14,16-17,21-22H,5-7,9-12,15,18-19H2,1-4H3. The Hall–Kier alpha value is -3.75. The number of carbonyl (C=O) groups excluding carboxylic acids is 3. The zero-order valence-corrected chi connectivity index (χ0v) is 23.9. The van der Waals surface area contributed by atoms with E-state index in [0.29, 0.717) is 46.5 Å². The molecule has 0 aromatic heterocycles. The smallest absolute Gasteiger partial charge is 0.263 e. The molecule has 2 aromatic carbocycles. The maximum absolute atomic E-state index is 13.8. The molecule has 2 heterocycles. The number of benzene rings is 2. The first kappa shape index (κ1) is 27.8. The van der Waals surface area contributed by atoms with E-state index >= 15 is 0 Å². The first-order valence-electron chi connectivity index (χ1n) is 14.2. The number of imide groups is 1. The van der Waals surface area contributed by atoms with Gasteiger partial charge in [-0.25, -0.2) is 0 Å². The molecule has 1 atom stereocenters. The monoisotopic (exact) mass is 549 g/mol. The lowest BCUT2D eigenvalue weighted by Gasteiger charge is -2.38.